The van der Waals surface area contributed by atoms with Gasteiger partial charge >= 0.3 is 12.0 Å². The van der Waals surface area contributed by atoms with Gasteiger partial charge in [0.1, 0.15) is 5.41 Å². The molecule has 0 radical (unpaired) electrons. The van der Waals surface area contributed by atoms with Gasteiger partial charge in [0.25, 0.3) is 0 Å². The summed E-state index contributed by atoms with van der Waals surface area (Å²) < 4.78 is 4.70. The minimum absolute atomic E-state index is 0.0860. The van der Waals surface area contributed by atoms with Crippen LogP contribution in [0, 0.1) is 5.41 Å². The quantitative estimate of drug-likeness (QED) is 0.566. The van der Waals surface area contributed by atoms with Crippen molar-refractivity contribution in [3.8, 4) is 0 Å². The lowest BCUT2D eigenvalue weighted by Gasteiger charge is -2.34. The van der Waals surface area contributed by atoms with Gasteiger partial charge < -0.3 is 4.74 Å². The molecule has 1 aliphatic heterocycles. The smallest absolute Gasteiger partial charge is 0.330 e. The van der Waals surface area contributed by atoms with E-state index in [-0.39, 0.29) is 19.6 Å². The van der Waals surface area contributed by atoms with Crippen LogP contribution < -0.4 is 5.32 Å². The van der Waals surface area contributed by atoms with E-state index in [2.05, 4.69) is 5.32 Å². The molecule has 7 heteroatoms. The summed E-state index contributed by atoms with van der Waals surface area (Å²) >= 11 is 0. The van der Waals surface area contributed by atoms with Gasteiger partial charge in [-0.15, -0.1) is 0 Å². The highest BCUT2D eigenvalue weighted by atomic mass is 16.5. The van der Waals surface area contributed by atoms with E-state index >= 15 is 0 Å². The molecule has 7 nitrogen and oxygen atoms in total. The molecule has 0 saturated carbocycles. The first-order valence-corrected chi connectivity index (χ1v) is 5.63. The zero-order valence-electron chi connectivity index (χ0n) is 10.6. The Morgan fingerprint density at radius 1 is 1.33 bits per heavy atom. The first kappa shape index (κ1) is 14.1. The van der Waals surface area contributed by atoms with Crippen LogP contribution in [-0.4, -0.2) is 41.9 Å². The second kappa shape index (κ2) is 5.16. The summed E-state index contributed by atoms with van der Waals surface area (Å²) in [5, 5.41) is 2.08. The van der Waals surface area contributed by atoms with Crippen molar-refractivity contribution in [3.05, 3.63) is 0 Å². The fourth-order valence-corrected chi connectivity index (χ4v) is 1.49. The van der Waals surface area contributed by atoms with E-state index in [9.17, 15) is 19.2 Å². The van der Waals surface area contributed by atoms with Gasteiger partial charge in [0.15, 0.2) is 0 Å². The molecule has 0 bridgehead atoms. The molecule has 0 unspecified atom stereocenters. The van der Waals surface area contributed by atoms with Gasteiger partial charge in [-0.3, -0.25) is 24.6 Å². The number of barbiturate groups is 1. The van der Waals surface area contributed by atoms with Gasteiger partial charge in [-0.2, -0.15) is 0 Å². The van der Waals surface area contributed by atoms with E-state index in [0.29, 0.717) is 0 Å². The Labute approximate surface area is 104 Å². The molecule has 0 atom stereocenters. The lowest BCUT2D eigenvalue weighted by molar-refractivity contribution is -0.149. The normalized spacial score (nSPS) is 18.6. The van der Waals surface area contributed by atoms with Gasteiger partial charge in [-0.25, -0.2) is 4.79 Å². The maximum absolute atomic E-state index is 11.9. The average Bonchev–Trinajstić information content (AvgIpc) is 2.27. The number of carbonyl (C=O) groups is 4. The van der Waals surface area contributed by atoms with Gasteiger partial charge in [0.2, 0.25) is 11.8 Å². The van der Waals surface area contributed by atoms with Crippen molar-refractivity contribution >= 4 is 23.8 Å². The summed E-state index contributed by atoms with van der Waals surface area (Å²) in [5.41, 5.74) is -1.30. The summed E-state index contributed by atoms with van der Waals surface area (Å²) in [7, 11) is 0. The zero-order valence-corrected chi connectivity index (χ0v) is 10.6. The fraction of sp³-hybridized carbons (Fsp3) is 0.636. The van der Waals surface area contributed by atoms with Crippen LogP contribution in [0.15, 0.2) is 0 Å². The average molecular weight is 256 g/mol. The van der Waals surface area contributed by atoms with Gasteiger partial charge in [0.05, 0.1) is 13.0 Å². The van der Waals surface area contributed by atoms with Crippen molar-refractivity contribution in [3.63, 3.8) is 0 Å². The number of nitrogens with one attached hydrogen (secondary N) is 1. The number of ether oxygens (including phenoxy) is 1. The number of amides is 4. The Bertz CT molecular complexity index is 402. The SMILES string of the molecule is CCOC(=O)CCN1C(=O)NC(=O)C(C)(C)C1=O. The van der Waals surface area contributed by atoms with E-state index in [1.165, 1.54) is 13.8 Å². The number of rotatable bonds is 4. The van der Waals surface area contributed by atoms with Gasteiger partial charge in [0, 0.05) is 6.54 Å². The van der Waals surface area contributed by atoms with Crippen LogP contribution in [0.3, 0.4) is 0 Å². The largest absolute Gasteiger partial charge is 0.466 e. The third-order valence-electron chi connectivity index (χ3n) is 2.66. The Morgan fingerprint density at radius 3 is 2.50 bits per heavy atom. The number of nitrogens with zero attached hydrogens (tertiary/aromatic N) is 1. The molecule has 1 fully saturated rings. The van der Waals surface area contributed by atoms with Crippen LogP contribution in [0.2, 0.25) is 0 Å². The monoisotopic (exact) mass is 256 g/mol. The predicted molar refractivity (Wildman–Crippen MR) is 60.3 cm³/mol. The van der Waals surface area contributed by atoms with Crippen LogP contribution in [0.5, 0.6) is 0 Å². The molecule has 0 spiro atoms. The Kier molecular flexibility index (Phi) is 4.05. The summed E-state index contributed by atoms with van der Waals surface area (Å²) in [4.78, 5) is 46.9. The number of hydrogen-bond donors (Lipinski definition) is 1. The van der Waals surface area contributed by atoms with Gasteiger partial charge in [-0.05, 0) is 20.8 Å². The number of imide groups is 2. The highest BCUT2D eigenvalue weighted by molar-refractivity contribution is 6.18. The number of urea groups is 1. The third-order valence-corrected chi connectivity index (χ3v) is 2.66. The van der Waals surface area contributed by atoms with Crippen molar-refractivity contribution in [2.75, 3.05) is 13.2 Å². The molecule has 0 aliphatic carbocycles. The lowest BCUT2D eigenvalue weighted by atomic mass is 9.89. The zero-order chi connectivity index (χ0) is 13.9. The molecular formula is C11H16N2O5. The summed E-state index contributed by atoms with van der Waals surface area (Å²) in [6.45, 7) is 4.66. The molecule has 1 N–H and O–H groups in total. The van der Waals surface area contributed by atoms with Crippen LogP contribution >= 0.6 is 0 Å². The van der Waals surface area contributed by atoms with Crippen molar-refractivity contribution in [2.45, 2.75) is 27.2 Å². The van der Waals surface area contributed by atoms with Crippen LogP contribution in [0.25, 0.3) is 0 Å². The van der Waals surface area contributed by atoms with Crippen molar-refractivity contribution in [1.29, 1.82) is 0 Å². The second-order valence-electron chi connectivity index (χ2n) is 4.40. The minimum Gasteiger partial charge on any atom is -0.466 e. The van der Waals surface area contributed by atoms with Crippen LogP contribution in [0.4, 0.5) is 4.79 Å². The number of hydrogen-bond acceptors (Lipinski definition) is 5. The molecule has 0 aromatic heterocycles. The third kappa shape index (κ3) is 2.66. The minimum atomic E-state index is -1.30. The molecule has 100 valence electrons. The Balaban J connectivity index is 2.70. The fourth-order valence-electron chi connectivity index (χ4n) is 1.49. The summed E-state index contributed by atoms with van der Waals surface area (Å²) in [6.07, 6.45) is -0.0860. The first-order chi connectivity index (χ1) is 8.30. The van der Waals surface area contributed by atoms with E-state index in [1.807, 2.05) is 0 Å². The Morgan fingerprint density at radius 2 is 1.94 bits per heavy atom. The molecule has 0 aromatic rings. The summed E-state index contributed by atoms with van der Waals surface area (Å²) in [5.74, 6) is -1.74. The topological polar surface area (TPSA) is 92.8 Å². The van der Waals surface area contributed by atoms with E-state index in [1.54, 1.807) is 6.92 Å². The summed E-state index contributed by atoms with van der Waals surface area (Å²) in [6, 6.07) is -0.798. The maximum atomic E-state index is 11.9. The predicted octanol–water partition coefficient (Wildman–Crippen LogP) is 0.0442. The molecule has 18 heavy (non-hydrogen) atoms. The molecule has 1 aliphatic rings. The molecule has 4 amide bonds. The molecule has 1 saturated heterocycles. The maximum Gasteiger partial charge on any atom is 0.330 e. The first-order valence-electron chi connectivity index (χ1n) is 5.63. The number of esters is 1. The second-order valence-corrected chi connectivity index (χ2v) is 4.40. The molecular weight excluding hydrogens is 240 g/mol. The Hall–Kier alpha value is -1.92. The van der Waals surface area contributed by atoms with Crippen molar-refractivity contribution < 1.29 is 23.9 Å². The van der Waals surface area contributed by atoms with E-state index in [4.69, 9.17) is 4.74 Å². The molecule has 0 aromatic carbocycles. The molecule has 1 rings (SSSR count). The highest BCUT2D eigenvalue weighted by Gasteiger charge is 2.46. The standard InChI is InChI=1S/C11H16N2O5/c1-4-18-7(14)5-6-13-9(16)11(2,3)8(15)12-10(13)17/h4-6H2,1-3H3,(H,12,15,17). The number of carbonyl (C=O) groups excluding carboxylic acids is 4. The lowest BCUT2D eigenvalue weighted by Crippen LogP contribution is -2.62. The van der Waals surface area contributed by atoms with Crippen molar-refractivity contribution in [2.24, 2.45) is 5.41 Å². The van der Waals surface area contributed by atoms with Gasteiger partial charge in [-0.1, -0.05) is 0 Å². The van der Waals surface area contributed by atoms with E-state index < -0.39 is 29.2 Å². The van der Waals surface area contributed by atoms with Crippen LogP contribution in [-0.2, 0) is 19.1 Å². The molecule has 1 heterocycles. The highest BCUT2D eigenvalue weighted by Crippen LogP contribution is 2.23. The van der Waals surface area contributed by atoms with Crippen LogP contribution in [0.1, 0.15) is 27.2 Å². The van der Waals surface area contributed by atoms with Crippen molar-refractivity contribution in [1.82, 2.24) is 10.2 Å². The van der Waals surface area contributed by atoms with E-state index in [0.717, 1.165) is 4.90 Å².